The fourth-order valence-electron chi connectivity index (χ4n) is 4.35. The highest BCUT2D eigenvalue weighted by molar-refractivity contribution is 7.99. The van der Waals surface area contributed by atoms with E-state index in [1.807, 2.05) is 36.0 Å². The first-order valence-electron chi connectivity index (χ1n) is 11.7. The van der Waals surface area contributed by atoms with Crippen LogP contribution in [0.5, 0.6) is 11.5 Å². The van der Waals surface area contributed by atoms with Crippen molar-refractivity contribution in [3.63, 3.8) is 0 Å². The van der Waals surface area contributed by atoms with Crippen molar-refractivity contribution >= 4 is 11.8 Å². The molecule has 3 N–H and O–H groups in total. The summed E-state index contributed by atoms with van der Waals surface area (Å²) in [6.45, 7) is 5.43. The summed E-state index contributed by atoms with van der Waals surface area (Å²) in [7, 11) is 0. The molecule has 1 aliphatic rings. The van der Waals surface area contributed by atoms with Crippen molar-refractivity contribution in [2.45, 2.75) is 45.4 Å². The summed E-state index contributed by atoms with van der Waals surface area (Å²) in [6.07, 6.45) is 1.57. The molecule has 1 heterocycles. The number of aryl methyl sites for hydroxylation is 2. The van der Waals surface area contributed by atoms with Gasteiger partial charge in [0.25, 0.3) is 0 Å². The van der Waals surface area contributed by atoms with E-state index in [2.05, 4.69) is 55.7 Å². The summed E-state index contributed by atoms with van der Waals surface area (Å²) in [5.74, 6) is 3.58. The molecular formula is C28H33NO4S. The monoisotopic (exact) mass is 479 g/mol. The highest BCUT2D eigenvalue weighted by atomic mass is 32.2. The Labute approximate surface area is 206 Å². The van der Waals surface area contributed by atoms with E-state index in [-0.39, 0.29) is 0 Å². The lowest BCUT2D eigenvalue weighted by Gasteiger charge is -2.31. The predicted molar refractivity (Wildman–Crippen MR) is 138 cm³/mol. The van der Waals surface area contributed by atoms with E-state index in [9.17, 15) is 5.11 Å². The minimum absolute atomic E-state index is 0.343. The van der Waals surface area contributed by atoms with E-state index < -0.39 is 5.60 Å². The Balaban J connectivity index is 1.43. The van der Waals surface area contributed by atoms with Gasteiger partial charge in [0.2, 0.25) is 0 Å². The summed E-state index contributed by atoms with van der Waals surface area (Å²) < 4.78 is 12.0. The quantitative estimate of drug-likeness (QED) is 0.344. The first-order chi connectivity index (χ1) is 16.5. The van der Waals surface area contributed by atoms with Gasteiger partial charge in [0, 0.05) is 6.54 Å². The average Bonchev–Trinajstić information content (AvgIpc) is 2.83. The minimum Gasteiger partial charge on any atom is -0.491 e. The van der Waals surface area contributed by atoms with Crippen LogP contribution in [0.1, 0.15) is 35.1 Å². The molecule has 0 aromatic heterocycles. The van der Waals surface area contributed by atoms with Gasteiger partial charge in [-0.1, -0.05) is 30.3 Å². The van der Waals surface area contributed by atoms with E-state index in [1.165, 1.54) is 5.56 Å². The standard InChI is InChI=1S/C28H33NO4S/c1-20-14-26(33-19-28(30)10-12-34-13-11-28)15-21(2)27(20)24-5-3-4-23(16-24)18-32-25-8-6-22(7-9-25)17-29-31/h3-9,14-16,29-31H,10-13,17-19H2,1-2H3. The van der Waals surface area contributed by atoms with Crippen molar-refractivity contribution in [3.05, 3.63) is 82.9 Å². The highest BCUT2D eigenvalue weighted by Gasteiger charge is 2.30. The highest BCUT2D eigenvalue weighted by Crippen LogP contribution is 2.33. The molecule has 1 fully saturated rings. The molecule has 3 aromatic carbocycles. The van der Waals surface area contributed by atoms with Crippen LogP contribution in [-0.2, 0) is 13.2 Å². The van der Waals surface area contributed by atoms with Gasteiger partial charge in [-0.25, -0.2) is 5.48 Å². The average molecular weight is 480 g/mol. The van der Waals surface area contributed by atoms with Gasteiger partial charge in [-0.05, 0) is 102 Å². The Kier molecular flexibility index (Phi) is 8.16. The van der Waals surface area contributed by atoms with Crippen LogP contribution in [0.15, 0.2) is 60.7 Å². The van der Waals surface area contributed by atoms with Crippen LogP contribution in [0.3, 0.4) is 0 Å². The molecule has 6 heteroatoms. The van der Waals surface area contributed by atoms with Gasteiger partial charge in [-0.3, -0.25) is 0 Å². The molecule has 180 valence electrons. The largest absolute Gasteiger partial charge is 0.491 e. The first kappa shape index (κ1) is 24.6. The third-order valence-corrected chi connectivity index (χ3v) is 7.25. The summed E-state index contributed by atoms with van der Waals surface area (Å²) >= 11 is 1.89. The minimum atomic E-state index is -0.712. The number of aliphatic hydroxyl groups is 1. The van der Waals surface area contributed by atoms with Gasteiger partial charge in [-0.2, -0.15) is 11.8 Å². The maximum Gasteiger partial charge on any atom is 0.120 e. The third-order valence-electron chi connectivity index (χ3n) is 6.26. The molecular weight excluding hydrogens is 446 g/mol. The third kappa shape index (κ3) is 6.33. The van der Waals surface area contributed by atoms with Crippen LogP contribution < -0.4 is 15.0 Å². The topological polar surface area (TPSA) is 71.0 Å². The lowest BCUT2D eigenvalue weighted by Crippen LogP contribution is -2.39. The molecule has 34 heavy (non-hydrogen) atoms. The molecule has 0 saturated carbocycles. The zero-order valence-corrected chi connectivity index (χ0v) is 20.7. The number of thioether (sulfide) groups is 1. The van der Waals surface area contributed by atoms with Gasteiger partial charge in [0.15, 0.2) is 0 Å². The van der Waals surface area contributed by atoms with Crippen molar-refractivity contribution in [1.82, 2.24) is 5.48 Å². The Bertz CT molecular complexity index is 1070. The van der Waals surface area contributed by atoms with Gasteiger partial charge in [-0.15, -0.1) is 0 Å². The molecule has 3 aromatic rings. The Morgan fingerprint density at radius 3 is 2.26 bits per heavy atom. The number of hydroxylamine groups is 1. The van der Waals surface area contributed by atoms with Crippen LogP contribution in [0.4, 0.5) is 0 Å². The SMILES string of the molecule is Cc1cc(OCC2(O)CCSCC2)cc(C)c1-c1cccc(COc2ccc(CNO)cc2)c1. The summed E-state index contributed by atoms with van der Waals surface area (Å²) in [4.78, 5) is 0. The second-order valence-electron chi connectivity index (χ2n) is 9.03. The number of ether oxygens (including phenoxy) is 2. The Hall–Kier alpha value is -2.51. The molecule has 0 spiro atoms. The number of nitrogens with one attached hydrogen (secondary N) is 1. The lowest BCUT2D eigenvalue weighted by molar-refractivity contribution is -0.0115. The first-order valence-corrected chi connectivity index (χ1v) is 12.8. The number of hydrogen-bond donors (Lipinski definition) is 3. The van der Waals surface area contributed by atoms with Crippen molar-refractivity contribution < 1.29 is 19.8 Å². The van der Waals surface area contributed by atoms with E-state index in [0.29, 0.717) is 19.8 Å². The summed E-state index contributed by atoms with van der Waals surface area (Å²) in [5, 5.41) is 19.5. The maximum absolute atomic E-state index is 10.7. The molecule has 1 saturated heterocycles. The molecule has 1 aliphatic heterocycles. The van der Waals surface area contributed by atoms with Crippen molar-refractivity contribution in [1.29, 1.82) is 0 Å². The fourth-order valence-corrected chi connectivity index (χ4v) is 5.61. The smallest absolute Gasteiger partial charge is 0.120 e. The summed E-state index contributed by atoms with van der Waals surface area (Å²) in [5.41, 5.74) is 8.16. The normalized spacial score (nSPS) is 15.2. The van der Waals surface area contributed by atoms with E-state index in [1.54, 1.807) is 0 Å². The zero-order valence-electron chi connectivity index (χ0n) is 19.8. The molecule has 0 bridgehead atoms. The Morgan fingerprint density at radius 1 is 0.882 bits per heavy atom. The molecule has 4 rings (SSSR count). The van der Waals surface area contributed by atoms with Crippen molar-refractivity contribution in [3.8, 4) is 22.6 Å². The molecule has 0 amide bonds. The van der Waals surface area contributed by atoms with Crippen molar-refractivity contribution in [2.24, 2.45) is 0 Å². The molecule has 0 radical (unpaired) electrons. The van der Waals surface area contributed by atoms with Crippen LogP contribution >= 0.6 is 11.8 Å². The number of rotatable bonds is 9. The number of benzene rings is 3. The Morgan fingerprint density at radius 2 is 1.59 bits per heavy atom. The van der Waals surface area contributed by atoms with Crippen LogP contribution in [0.2, 0.25) is 0 Å². The van der Waals surface area contributed by atoms with Crippen molar-refractivity contribution in [2.75, 3.05) is 18.1 Å². The molecule has 0 unspecified atom stereocenters. The maximum atomic E-state index is 10.7. The molecule has 0 aliphatic carbocycles. The van der Waals surface area contributed by atoms with E-state index in [0.717, 1.165) is 63.7 Å². The van der Waals surface area contributed by atoms with Gasteiger partial charge in [0.05, 0.1) is 0 Å². The van der Waals surface area contributed by atoms with Crippen LogP contribution in [0.25, 0.3) is 11.1 Å². The van der Waals surface area contributed by atoms with Gasteiger partial charge < -0.3 is 19.8 Å². The zero-order chi connectivity index (χ0) is 24.0. The van der Waals surface area contributed by atoms with Gasteiger partial charge >= 0.3 is 0 Å². The van der Waals surface area contributed by atoms with Crippen LogP contribution in [0, 0.1) is 13.8 Å². The molecule has 5 nitrogen and oxygen atoms in total. The second kappa shape index (κ2) is 11.3. The van der Waals surface area contributed by atoms with E-state index >= 15 is 0 Å². The lowest BCUT2D eigenvalue weighted by atomic mass is 9.94. The fraction of sp³-hybridized carbons (Fsp3) is 0.357. The predicted octanol–water partition coefficient (Wildman–Crippen LogP) is 5.67. The van der Waals surface area contributed by atoms with Gasteiger partial charge in [0.1, 0.15) is 30.3 Å². The number of hydrogen-bond acceptors (Lipinski definition) is 6. The van der Waals surface area contributed by atoms with E-state index in [4.69, 9.17) is 14.7 Å². The summed E-state index contributed by atoms with van der Waals surface area (Å²) in [6, 6.07) is 20.2. The second-order valence-corrected chi connectivity index (χ2v) is 10.3. The molecule has 0 atom stereocenters. The van der Waals surface area contributed by atoms with Crippen LogP contribution in [-0.4, -0.2) is 34.0 Å².